The molecule has 0 aromatic carbocycles. The smallest absolute Gasteiger partial charge is 0.00637 e. The van der Waals surface area contributed by atoms with Crippen LogP contribution in [0.3, 0.4) is 0 Å². The van der Waals surface area contributed by atoms with E-state index in [2.05, 4.69) is 104 Å². The van der Waals surface area contributed by atoms with Gasteiger partial charge in [0.15, 0.2) is 0 Å². The fourth-order valence-corrected chi connectivity index (χ4v) is 6.28. The Bertz CT molecular complexity index is 593. The molecular formula is C30H58. The molecule has 30 heavy (non-hydrogen) atoms. The number of rotatable bonds is 10. The fraction of sp³-hybridized carbons (Fsp3) is 0.867. The van der Waals surface area contributed by atoms with Gasteiger partial charge in [-0.2, -0.15) is 0 Å². The first kappa shape index (κ1) is 29.5. The molecule has 0 heteroatoms. The molecule has 0 bridgehead atoms. The standard InChI is InChI=1S/C30H58/c1-18-27(10,11)21-29(14,15)23(3)24(30(16,17)20-26(7,8)9)22(2)28(12,13)19-25(4,5)6/h24H,2-3,18-21H2,1,4-17H3. The van der Waals surface area contributed by atoms with E-state index in [-0.39, 0.29) is 27.1 Å². The van der Waals surface area contributed by atoms with Crippen LogP contribution in [-0.2, 0) is 0 Å². The van der Waals surface area contributed by atoms with Crippen molar-refractivity contribution < 1.29 is 0 Å². The maximum atomic E-state index is 4.81. The van der Waals surface area contributed by atoms with E-state index in [0.29, 0.717) is 11.3 Å². The molecule has 0 aliphatic heterocycles. The van der Waals surface area contributed by atoms with Gasteiger partial charge >= 0.3 is 0 Å². The second-order valence-corrected chi connectivity index (χ2v) is 15.4. The normalized spacial score (nSPS) is 15.8. The largest absolute Gasteiger partial charge is 0.0987 e. The zero-order valence-corrected chi connectivity index (χ0v) is 23.8. The Hall–Kier alpha value is -0.520. The van der Waals surface area contributed by atoms with Crippen LogP contribution in [0.5, 0.6) is 0 Å². The molecule has 0 aromatic rings. The van der Waals surface area contributed by atoms with Gasteiger partial charge in [0.25, 0.3) is 0 Å². The van der Waals surface area contributed by atoms with Gasteiger partial charge in [0.2, 0.25) is 0 Å². The zero-order chi connectivity index (χ0) is 24.6. The van der Waals surface area contributed by atoms with Crippen LogP contribution in [0.15, 0.2) is 24.3 Å². The lowest BCUT2D eigenvalue weighted by Gasteiger charge is -2.50. The van der Waals surface area contributed by atoms with Crippen molar-refractivity contribution in [3.63, 3.8) is 0 Å². The van der Waals surface area contributed by atoms with Crippen molar-refractivity contribution in [3.8, 4) is 0 Å². The van der Waals surface area contributed by atoms with Gasteiger partial charge in [-0.1, -0.05) is 135 Å². The van der Waals surface area contributed by atoms with Gasteiger partial charge < -0.3 is 0 Å². The van der Waals surface area contributed by atoms with Gasteiger partial charge in [-0.15, -0.1) is 0 Å². The third-order valence-corrected chi connectivity index (χ3v) is 7.05. The summed E-state index contributed by atoms with van der Waals surface area (Å²) < 4.78 is 0. The summed E-state index contributed by atoms with van der Waals surface area (Å²) in [5.74, 6) is 0.303. The van der Waals surface area contributed by atoms with Gasteiger partial charge in [-0.25, -0.2) is 0 Å². The summed E-state index contributed by atoms with van der Waals surface area (Å²) in [6, 6.07) is 0. The molecular weight excluding hydrogens is 360 g/mol. The average Bonchev–Trinajstić information content (AvgIpc) is 2.40. The van der Waals surface area contributed by atoms with Crippen molar-refractivity contribution >= 4 is 0 Å². The Morgan fingerprint density at radius 2 is 0.900 bits per heavy atom. The molecule has 0 aliphatic rings. The Kier molecular flexibility index (Phi) is 8.99. The number of allylic oxidation sites excluding steroid dienone is 2. The maximum absolute atomic E-state index is 4.81. The minimum Gasteiger partial charge on any atom is -0.0987 e. The lowest BCUT2D eigenvalue weighted by atomic mass is 9.54. The predicted octanol–water partition coefficient (Wildman–Crippen LogP) is 10.5. The highest BCUT2D eigenvalue weighted by Gasteiger charge is 2.45. The van der Waals surface area contributed by atoms with E-state index in [1.54, 1.807) is 0 Å². The van der Waals surface area contributed by atoms with Crippen molar-refractivity contribution in [3.05, 3.63) is 24.3 Å². The highest BCUT2D eigenvalue weighted by molar-refractivity contribution is 5.29. The van der Waals surface area contributed by atoms with Crippen LogP contribution in [0, 0.1) is 38.4 Å². The molecule has 0 radical (unpaired) electrons. The third-order valence-electron chi connectivity index (χ3n) is 7.05. The van der Waals surface area contributed by atoms with E-state index in [1.165, 1.54) is 17.6 Å². The Balaban J connectivity index is 6.39. The Morgan fingerprint density at radius 3 is 1.20 bits per heavy atom. The summed E-state index contributed by atoms with van der Waals surface area (Å²) in [5.41, 5.74) is 3.85. The molecule has 0 N–H and O–H groups in total. The zero-order valence-electron chi connectivity index (χ0n) is 23.8. The van der Waals surface area contributed by atoms with Crippen LogP contribution < -0.4 is 0 Å². The van der Waals surface area contributed by atoms with E-state index in [4.69, 9.17) is 13.2 Å². The van der Waals surface area contributed by atoms with Crippen LogP contribution in [-0.4, -0.2) is 0 Å². The molecule has 0 nitrogen and oxygen atoms in total. The lowest BCUT2D eigenvalue weighted by molar-refractivity contribution is 0.119. The third kappa shape index (κ3) is 8.92. The second kappa shape index (κ2) is 9.15. The molecule has 0 spiro atoms. The fourth-order valence-electron chi connectivity index (χ4n) is 6.28. The highest BCUT2D eigenvalue weighted by atomic mass is 14.5. The quantitative estimate of drug-likeness (QED) is 0.309. The van der Waals surface area contributed by atoms with E-state index < -0.39 is 0 Å². The van der Waals surface area contributed by atoms with E-state index in [1.807, 2.05) is 0 Å². The summed E-state index contributed by atoms with van der Waals surface area (Å²) in [5, 5.41) is 0. The Labute approximate surface area is 192 Å². The van der Waals surface area contributed by atoms with Gasteiger partial charge in [0.05, 0.1) is 0 Å². The molecule has 0 aliphatic carbocycles. The van der Waals surface area contributed by atoms with Gasteiger partial charge in [0, 0.05) is 5.92 Å². The van der Waals surface area contributed by atoms with E-state index in [9.17, 15) is 0 Å². The molecule has 0 amide bonds. The van der Waals surface area contributed by atoms with Crippen LogP contribution >= 0.6 is 0 Å². The Morgan fingerprint density at radius 1 is 0.567 bits per heavy atom. The van der Waals surface area contributed by atoms with Gasteiger partial charge in [0.1, 0.15) is 0 Å². The van der Waals surface area contributed by atoms with Crippen molar-refractivity contribution in [2.24, 2.45) is 38.4 Å². The molecule has 0 saturated carbocycles. The highest BCUT2D eigenvalue weighted by Crippen LogP contribution is 2.56. The molecule has 0 saturated heterocycles. The molecule has 0 rings (SSSR count). The number of hydrogen-bond acceptors (Lipinski definition) is 0. The van der Waals surface area contributed by atoms with Gasteiger partial charge in [-0.3, -0.25) is 0 Å². The summed E-state index contributed by atoms with van der Waals surface area (Å²) in [6.45, 7) is 45.4. The minimum atomic E-state index is 0.0668. The molecule has 0 heterocycles. The monoisotopic (exact) mass is 418 g/mol. The summed E-state index contributed by atoms with van der Waals surface area (Å²) in [4.78, 5) is 0. The first-order valence-electron chi connectivity index (χ1n) is 12.3. The molecule has 1 unspecified atom stereocenters. The van der Waals surface area contributed by atoms with Crippen LogP contribution in [0.1, 0.15) is 130 Å². The predicted molar refractivity (Wildman–Crippen MR) is 140 cm³/mol. The van der Waals surface area contributed by atoms with Crippen molar-refractivity contribution in [1.82, 2.24) is 0 Å². The van der Waals surface area contributed by atoms with Crippen molar-refractivity contribution in [2.45, 2.75) is 130 Å². The summed E-state index contributed by atoms with van der Waals surface area (Å²) in [7, 11) is 0. The van der Waals surface area contributed by atoms with Crippen molar-refractivity contribution in [1.29, 1.82) is 0 Å². The van der Waals surface area contributed by atoms with Crippen molar-refractivity contribution in [2.75, 3.05) is 0 Å². The second-order valence-electron chi connectivity index (χ2n) is 15.4. The molecule has 1 atom stereocenters. The van der Waals surface area contributed by atoms with Crippen LogP contribution in [0.2, 0.25) is 0 Å². The van der Waals surface area contributed by atoms with E-state index in [0.717, 1.165) is 19.3 Å². The summed E-state index contributed by atoms with van der Waals surface area (Å²) in [6.07, 6.45) is 4.64. The molecule has 0 aromatic heterocycles. The van der Waals surface area contributed by atoms with E-state index >= 15 is 0 Å². The van der Waals surface area contributed by atoms with Crippen LogP contribution in [0.25, 0.3) is 0 Å². The summed E-state index contributed by atoms with van der Waals surface area (Å²) >= 11 is 0. The lowest BCUT2D eigenvalue weighted by Crippen LogP contribution is -2.40. The average molecular weight is 419 g/mol. The maximum Gasteiger partial charge on any atom is 0.00637 e. The molecule has 178 valence electrons. The first-order valence-corrected chi connectivity index (χ1v) is 12.3. The minimum absolute atomic E-state index is 0.0668. The SMILES string of the molecule is C=C(C(C(=C)C(C)(C)CC(C)(C)CC)C(C)(C)CC(C)(C)C)C(C)(C)CC(C)(C)C. The van der Waals surface area contributed by atoms with Crippen LogP contribution in [0.4, 0.5) is 0 Å². The number of hydrogen-bond donors (Lipinski definition) is 0. The first-order chi connectivity index (χ1) is 12.9. The molecule has 0 fully saturated rings. The topological polar surface area (TPSA) is 0 Å². The van der Waals surface area contributed by atoms with Gasteiger partial charge in [-0.05, 0) is 51.8 Å².